The molecule has 0 spiro atoms. The number of rotatable bonds is 4. The Kier molecular flexibility index (Phi) is 6.81. The summed E-state index contributed by atoms with van der Waals surface area (Å²) in [4.78, 5) is 40.7. The number of Topliss-reactive ketones (excluding diaryl/α,β-unsaturated/α-hetero) is 2. The number of amides is 1. The second-order valence-corrected chi connectivity index (χ2v) is 13.7. The number of phenolic OH excluding ortho intramolecular Hbond substituents is 1. The number of nitrogens with zero attached hydrogens (tertiary/aromatic N) is 1. The van der Waals surface area contributed by atoms with Gasteiger partial charge in [-0.25, -0.2) is 0 Å². The Morgan fingerprint density at radius 3 is 2.21 bits per heavy atom. The molecule has 1 aromatic rings. The topological polar surface area (TPSA) is 206 Å². The van der Waals surface area contributed by atoms with Crippen molar-refractivity contribution in [2.45, 2.75) is 81.8 Å². The molecule has 1 heterocycles. The van der Waals surface area contributed by atoms with Crippen LogP contribution in [0.2, 0.25) is 0 Å². The van der Waals surface area contributed by atoms with Gasteiger partial charge in [0.1, 0.15) is 22.8 Å². The van der Waals surface area contributed by atoms with Crippen molar-refractivity contribution in [1.29, 1.82) is 0 Å². The van der Waals surface area contributed by atoms with Crippen molar-refractivity contribution in [3.63, 3.8) is 0 Å². The molecule has 5 rings (SSSR count). The maximum Gasteiger partial charge on any atom is 0.255 e. The first-order chi connectivity index (χ1) is 19.3. The number of benzene rings is 1. The number of nitrogens with one attached hydrogen (secondary N) is 2. The normalized spacial score (nSPS) is 32.4. The van der Waals surface area contributed by atoms with Gasteiger partial charge in [0.15, 0.2) is 11.4 Å². The largest absolute Gasteiger partial charge is 0.508 e. The van der Waals surface area contributed by atoms with Gasteiger partial charge in [-0.1, -0.05) is 6.07 Å². The molecule has 9 N–H and O–H groups in total. The first kappa shape index (κ1) is 30.0. The van der Waals surface area contributed by atoms with E-state index in [1.165, 1.54) is 19.0 Å². The van der Waals surface area contributed by atoms with E-state index in [1.807, 2.05) is 0 Å². The molecule has 1 aliphatic heterocycles. The molecule has 4 aliphatic rings. The van der Waals surface area contributed by atoms with Crippen LogP contribution in [-0.4, -0.2) is 96.9 Å². The third-order valence-electron chi connectivity index (χ3n) is 9.23. The lowest BCUT2D eigenvalue weighted by Crippen LogP contribution is -2.70. The minimum atomic E-state index is -2.93. The average Bonchev–Trinajstić information content (AvgIpc) is 2.83. The number of piperidine rings is 1. The lowest BCUT2D eigenvalue weighted by atomic mass is 9.56. The molecule has 42 heavy (non-hydrogen) atoms. The number of hydrogen-bond acceptors (Lipinski definition) is 11. The van der Waals surface area contributed by atoms with E-state index in [-0.39, 0.29) is 34.9 Å². The summed E-state index contributed by atoms with van der Waals surface area (Å²) in [7, 11) is 2.94. The van der Waals surface area contributed by atoms with E-state index in [0.29, 0.717) is 11.3 Å². The fourth-order valence-electron chi connectivity index (χ4n) is 7.99. The lowest BCUT2D eigenvalue weighted by molar-refractivity contribution is -0.168. The number of anilines is 1. The highest BCUT2D eigenvalue weighted by Gasteiger charge is 2.67. The standard InChI is InChI=1S/C30H40N4O8/c1-28(2)10-13(11-29(3,4)33-28)32-15-8-7-12-9-14-17(23(37)16(12)22(15)36)25(39)30(42)19(21(14)35)20(34(5)6)24(38)18(26(30)40)27(31)41/h7-8,13-14,19-21,32-33,35-37,40,42H,9-11H2,1-6H3,(H2,31,41)/t14-,19-,20+,21+,30+/m0/s1. The van der Waals surface area contributed by atoms with Crippen LogP contribution in [0.1, 0.15) is 51.7 Å². The summed E-state index contributed by atoms with van der Waals surface area (Å²) in [6.45, 7) is 8.38. The highest BCUT2D eigenvalue weighted by atomic mass is 16.4. The Morgan fingerprint density at radius 1 is 1.07 bits per heavy atom. The molecular weight excluding hydrogens is 544 g/mol. The molecule has 0 bridgehead atoms. The van der Waals surface area contributed by atoms with Crippen LogP contribution in [0.5, 0.6) is 5.75 Å². The number of hydrogen-bond donors (Lipinski definition) is 8. The van der Waals surface area contributed by atoms with Crippen molar-refractivity contribution in [2.75, 3.05) is 19.4 Å². The van der Waals surface area contributed by atoms with E-state index in [2.05, 4.69) is 38.3 Å². The number of aromatic hydroxyl groups is 1. The van der Waals surface area contributed by atoms with Crippen molar-refractivity contribution in [3.8, 4) is 5.75 Å². The van der Waals surface area contributed by atoms with Crippen LogP contribution < -0.4 is 16.4 Å². The summed E-state index contributed by atoms with van der Waals surface area (Å²) >= 11 is 0. The van der Waals surface area contributed by atoms with Crippen molar-refractivity contribution in [1.82, 2.24) is 10.2 Å². The van der Waals surface area contributed by atoms with Gasteiger partial charge in [0.2, 0.25) is 5.78 Å². The minimum absolute atomic E-state index is 0.00302. The van der Waals surface area contributed by atoms with Gasteiger partial charge in [0.05, 0.1) is 29.3 Å². The molecule has 3 aliphatic carbocycles. The maximum atomic E-state index is 14.0. The summed E-state index contributed by atoms with van der Waals surface area (Å²) in [6.07, 6.45) is -0.108. The van der Waals surface area contributed by atoms with Crippen molar-refractivity contribution < 1.29 is 39.9 Å². The third kappa shape index (κ3) is 4.31. The van der Waals surface area contributed by atoms with Crippen LogP contribution in [-0.2, 0) is 20.8 Å². The van der Waals surface area contributed by atoms with Crippen LogP contribution >= 0.6 is 0 Å². The predicted molar refractivity (Wildman–Crippen MR) is 154 cm³/mol. The Hall–Kier alpha value is -3.45. The van der Waals surface area contributed by atoms with Gasteiger partial charge in [-0.3, -0.25) is 19.3 Å². The van der Waals surface area contributed by atoms with E-state index in [4.69, 9.17) is 5.73 Å². The predicted octanol–water partition coefficient (Wildman–Crippen LogP) is 0.656. The van der Waals surface area contributed by atoms with Crippen LogP contribution in [0.4, 0.5) is 5.69 Å². The number of fused-ring (bicyclic) bond motifs is 3. The summed E-state index contributed by atoms with van der Waals surface area (Å²) in [5.74, 6) is -8.31. The highest BCUT2D eigenvalue weighted by molar-refractivity contribution is 6.24. The number of ketones is 2. The fourth-order valence-corrected chi connectivity index (χ4v) is 7.99. The van der Waals surface area contributed by atoms with E-state index in [1.54, 1.807) is 12.1 Å². The SMILES string of the molecule is CN(C)[C@H]1C(=O)C(C(N)=O)=C(O)[C@]2(O)C(=O)C3=C(O)c4c(ccc(NC5CC(C)(C)NC(C)(C)C5)c4O)C[C@@H]3[C@@H](O)[C@H]12. The number of carbonyl (C=O) groups is 3. The number of aliphatic hydroxyl groups is 4. The Labute approximate surface area is 243 Å². The Balaban J connectivity index is 1.62. The van der Waals surface area contributed by atoms with Crippen molar-refractivity contribution in [3.05, 3.63) is 40.2 Å². The fraction of sp³-hybridized carbons (Fsp3) is 0.567. The zero-order valence-electron chi connectivity index (χ0n) is 24.6. The van der Waals surface area contributed by atoms with Gasteiger partial charge in [-0.15, -0.1) is 0 Å². The van der Waals surface area contributed by atoms with Crippen LogP contribution in [0, 0.1) is 11.8 Å². The van der Waals surface area contributed by atoms with Gasteiger partial charge in [-0.2, -0.15) is 0 Å². The van der Waals surface area contributed by atoms with E-state index >= 15 is 0 Å². The first-order valence-electron chi connectivity index (χ1n) is 14.1. The van der Waals surface area contributed by atoms with Gasteiger partial charge in [0, 0.05) is 28.6 Å². The maximum absolute atomic E-state index is 14.0. The summed E-state index contributed by atoms with van der Waals surface area (Å²) in [5.41, 5.74) is 1.48. The summed E-state index contributed by atoms with van der Waals surface area (Å²) in [5, 5.41) is 64.2. The summed E-state index contributed by atoms with van der Waals surface area (Å²) in [6, 6.07) is 1.97. The number of carbonyl (C=O) groups excluding carboxylic acids is 3. The van der Waals surface area contributed by atoms with Crippen molar-refractivity contribution in [2.24, 2.45) is 17.6 Å². The number of primary amides is 1. The van der Waals surface area contributed by atoms with Gasteiger partial charge in [-0.05, 0) is 72.7 Å². The molecule has 228 valence electrons. The number of likely N-dealkylation sites (N-methyl/N-ethyl adjacent to an activating group) is 1. The quantitative estimate of drug-likeness (QED) is 0.182. The zero-order chi connectivity index (χ0) is 31.3. The summed E-state index contributed by atoms with van der Waals surface area (Å²) < 4.78 is 0. The molecule has 12 heteroatoms. The molecule has 5 atom stereocenters. The smallest absolute Gasteiger partial charge is 0.255 e. The van der Waals surface area contributed by atoms with Gasteiger partial charge >= 0.3 is 0 Å². The number of phenols is 1. The molecule has 1 aromatic carbocycles. The molecule has 0 unspecified atom stereocenters. The van der Waals surface area contributed by atoms with E-state index in [9.17, 15) is 39.9 Å². The van der Waals surface area contributed by atoms with E-state index < -0.39 is 69.7 Å². The first-order valence-corrected chi connectivity index (χ1v) is 14.1. The van der Waals surface area contributed by atoms with E-state index in [0.717, 1.165) is 12.8 Å². The lowest BCUT2D eigenvalue weighted by Gasteiger charge is -2.52. The highest BCUT2D eigenvalue weighted by Crippen LogP contribution is 2.53. The second-order valence-electron chi connectivity index (χ2n) is 13.7. The zero-order valence-corrected chi connectivity index (χ0v) is 24.6. The number of nitrogens with two attached hydrogens (primary N) is 1. The third-order valence-corrected chi connectivity index (χ3v) is 9.23. The molecule has 1 saturated carbocycles. The molecule has 2 fully saturated rings. The minimum Gasteiger partial charge on any atom is -0.508 e. The molecular formula is C30H40N4O8. The van der Waals surface area contributed by atoms with Gasteiger partial charge < -0.3 is 41.9 Å². The second kappa shape index (κ2) is 9.53. The Bertz CT molecular complexity index is 1450. The monoisotopic (exact) mass is 584 g/mol. The molecule has 12 nitrogen and oxygen atoms in total. The van der Waals surface area contributed by atoms with Crippen LogP contribution in [0.3, 0.4) is 0 Å². The molecule has 0 aromatic heterocycles. The Morgan fingerprint density at radius 2 is 1.67 bits per heavy atom. The van der Waals surface area contributed by atoms with Crippen LogP contribution in [0.15, 0.2) is 29.0 Å². The van der Waals surface area contributed by atoms with Crippen LogP contribution in [0.25, 0.3) is 5.76 Å². The number of aliphatic hydroxyl groups excluding tert-OH is 3. The molecule has 0 radical (unpaired) electrons. The molecule has 1 amide bonds. The molecule has 1 saturated heterocycles. The average molecular weight is 585 g/mol. The van der Waals surface area contributed by atoms with Crippen molar-refractivity contribution >= 4 is 28.9 Å². The van der Waals surface area contributed by atoms with Gasteiger partial charge in [0.25, 0.3) is 5.91 Å².